The van der Waals surface area contributed by atoms with E-state index >= 15 is 0 Å². The number of carboxylic acids is 1. The largest absolute Gasteiger partial charge is 0.481 e. The first-order chi connectivity index (χ1) is 13.2. The van der Waals surface area contributed by atoms with E-state index in [9.17, 15) is 4.79 Å². The lowest BCUT2D eigenvalue weighted by atomic mass is 10.1. The number of carboxylic acid groups (broad SMARTS) is 1. The van der Waals surface area contributed by atoms with E-state index in [1.165, 1.54) is 22.2 Å². The summed E-state index contributed by atoms with van der Waals surface area (Å²) in [6.45, 7) is 0.735. The van der Waals surface area contributed by atoms with Gasteiger partial charge in [0.25, 0.3) is 0 Å². The van der Waals surface area contributed by atoms with Crippen LogP contribution < -0.4 is 5.32 Å². The lowest BCUT2D eigenvalue weighted by molar-refractivity contribution is -0.136. The Hall–Kier alpha value is -3.05. The number of rotatable bonds is 7. The molecular weight excluding hydrogens is 356 g/mol. The predicted molar refractivity (Wildman–Crippen MR) is 111 cm³/mol. The summed E-state index contributed by atoms with van der Waals surface area (Å²) in [6.07, 6.45) is 2.84. The van der Waals surface area contributed by atoms with Crippen LogP contribution in [0.3, 0.4) is 0 Å². The van der Waals surface area contributed by atoms with Crippen molar-refractivity contribution in [2.45, 2.75) is 19.4 Å². The zero-order valence-corrected chi connectivity index (χ0v) is 15.6. The van der Waals surface area contributed by atoms with Crippen molar-refractivity contribution in [2.75, 3.05) is 5.32 Å². The Labute approximate surface area is 161 Å². The van der Waals surface area contributed by atoms with Crippen LogP contribution >= 0.6 is 11.3 Å². The maximum Gasteiger partial charge on any atom is 0.303 e. The molecule has 0 amide bonds. The van der Waals surface area contributed by atoms with Crippen LogP contribution in [0.4, 0.5) is 5.69 Å². The van der Waals surface area contributed by atoms with Gasteiger partial charge >= 0.3 is 5.97 Å². The van der Waals surface area contributed by atoms with Crippen LogP contribution in [-0.4, -0.2) is 15.6 Å². The number of hydrogen-bond donors (Lipinski definition) is 2. The van der Waals surface area contributed by atoms with Crippen LogP contribution in [0.5, 0.6) is 0 Å². The van der Waals surface area contributed by atoms with E-state index in [0.29, 0.717) is 6.42 Å². The molecule has 0 radical (unpaired) electrons. The van der Waals surface area contributed by atoms with Crippen molar-refractivity contribution in [3.63, 3.8) is 0 Å². The Morgan fingerprint density at radius 3 is 2.59 bits per heavy atom. The van der Waals surface area contributed by atoms with Crippen LogP contribution in [0, 0.1) is 0 Å². The first kappa shape index (κ1) is 17.4. The van der Waals surface area contributed by atoms with Gasteiger partial charge < -0.3 is 15.0 Å². The molecule has 5 heteroatoms. The van der Waals surface area contributed by atoms with Crippen LogP contribution in [0.2, 0.25) is 0 Å². The third kappa shape index (κ3) is 4.04. The lowest BCUT2D eigenvalue weighted by Gasteiger charge is -2.09. The molecule has 4 rings (SSSR count). The summed E-state index contributed by atoms with van der Waals surface area (Å²) in [7, 11) is 0. The minimum atomic E-state index is -0.764. The molecule has 0 unspecified atom stereocenters. The topological polar surface area (TPSA) is 54.3 Å². The molecule has 0 bridgehead atoms. The van der Waals surface area contributed by atoms with Gasteiger partial charge in [0, 0.05) is 30.2 Å². The van der Waals surface area contributed by atoms with E-state index in [-0.39, 0.29) is 6.42 Å². The van der Waals surface area contributed by atoms with Crippen LogP contribution in [0.1, 0.15) is 17.5 Å². The van der Waals surface area contributed by atoms with E-state index in [4.69, 9.17) is 5.11 Å². The first-order valence-electron chi connectivity index (χ1n) is 8.86. The van der Waals surface area contributed by atoms with Gasteiger partial charge in [0.2, 0.25) is 0 Å². The van der Waals surface area contributed by atoms with Gasteiger partial charge in [-0.25, -0.2) is 0 Å². The molecule has 0 aliphatic heterocycles. The van der Waals surface area contributed by atoms with Crippen molar-refractivity contribution in [1.29, 1.82) is 0 Å². The van der Waals surface area contributed by atoms with E-state index in [1.54, 1.807) is 11.3 Å². The fraction of sp³-hybridized carbons (Fsp3) is 0.136. The Morgan fingerprint density at radius 2 is 1.85 bits per heavy atom. The van der Waals surface area contributed by atoms with Gasteiger partial charge in [-0.15, -0.1) is 0 Å². The van der Waals surface area contributed by atoms with Gasteiger partial charge in [-0.2, -0.15) is 11.3 Å². The van der Waals surface area contributed by atoms with Crippen LogP contribution in [0.15, 0.2) is 71.6 Å². The molecule has 0 saturated heterocycles. The van der Waals surface area contributed by atoms with Crippen molar-refractivity contribution in [3.05, 3.63) is 82.7 Å². The Balaban J connectivity index is 1.46. The zero-order valence-electron chi connectivity index (χ0n) is 14.8. The van der Waals surface area contributed by atoms with Crippen LogP contribution in [-0.2, 0) is 17.8 Å². The number of aliphatic carboxylic acids is 1. The summed E-state index contributed by atoms with van der Waals surface area (Å²) in [6, 6.07) is 18.8. The molecule has 2 aromatic heterocycles. The molecule has 27 heavy (non-hydrogen) atoms. The number of nitrogens with one attached hydrogen (secondary N) is 1. The molecule has 4 aromatic rings. The fourth-order valence-corrected chi connectivity index (χ4v) is 3.78. The molecule has 136 valence electrons. The van der Waals surface area contributed by atoms with Gasteiger partial charge in [0.15, 0.2) is 0 Å². The average Bonchev–Trinajstić information content (AvgIpc) is 3.34. The minimum absolute atomic E-state index is 0.163. The third-order valence-corrected chi connectivity index (χ3v) is 5.29. The Kier molecular flexibility index (Phi) is 4.94. The lowest BCUT2D eigenvalue weighted by Crippen LogP contribution is -2.01. The molecule has 0 fully saturated rings. The van der Waals surface area contributed by atoms with E-state index in [0.717, 1.165) is 17.8 Å². The highest BCUT2D eigenvalue weighted by atomic mass is 32.1. The number of hydrogen-bond acceptors (Lipinski definition) is 3. The molecule has 2 N–H and O–H groups in total. The third-order valence-electron chi connectivity index (χ3n) is 4.62. The van der Waals surface area contributed by atoms with Crippen LogP contribution in [0.25, 0.3) is 16.6 Å². The Morgan fingerprint density at radius 1 is 1.04 bits per heavy atom. The number of fused-ring (bicyclic) bond motifs is 1. The molecule has 0 aliphatic carbocycles. The van der Waals surface area contributed by atoms with Gasteiger partial charge in [-0.05, 0) is 58.6 Å². The number of carbonyl (C=O) groups is 1. The summed E-state index contributed by atoms with van der Waals surface area (Å²) in [5.74, 6) is -0.764. The van der Waals surface area contributed by atoms with Gasteiger partial charge in [0.05, 0.1) is 11.2 Å². The molecule has 2 aromatic carbocycles. The van der Waals surface area contributed by atoms with Crippen molar-refractivity contribution >= 4 is 33.9 Å². The number of anilines is 1. The molecule has 0 aliphatic rings. The van der Waals surface area contributed by atoms with Gasteiger partial charge in [-0.1, -0.05) is 24.3 Å². The van der Waals surface area contributed by atoms with E-state index in [1.807, 2.05) is 24.3 Å². The molecule has 0 spiro atoms. The van der Waals surface area contributed by atoms with Gasteiger partial charge in [0.1, 0.15) is 0 Å². The predicted octanol–water partition coefficient (Wildman–Crippen LogP) is 5.32. The second-order valence-electron chi connectivity index (χ2n) is 6.50. The van der Waals surface area contributed by atoms with E-state index in [2.05, 4.69) is 57.2 Å². The normalized spacial score (nSPS) is 11.0. The SMILES string of the molecule is O=C(O)CCc1ccc(NCc2ccc3ccn(-c4ccsc4)c3c2)cc1. The second-order valence-corrected chi connectivity index (χ2v) is 7.28. The highest BCUT2D eigenvalue weighted by Gasteiger charge is 2.05. The fourth-order valence-electron chi connectivity index (χ4n) is 3.15. The Bertz CT molecular complexity index is 1050. The highest BCUT2D eigenvalue weighted by molar-refractivity contribution is 7.08. The van der Waals surface area contributed by atoms with Crippen molar-refractivity contribution in [2.24, 2.45) is 0 Å². The molecule has 0 atom stereocenters. The average molecular weight is 376 g/mol. The molecule has 2 heterocycles. The number of thiophene rings is 1. The van der Waals surface area contributed by atoms with Crippen molar-refractivity contribution in [3.8, 4) is 5.69 Å². The molecule has 0 saturated carbocycles. The standard InChI is InChI=1S/C22H20N2O2S/c25-22(26)8-4-16-2-6-19(7-3-16)23-14-17-1-5-18-9-11-24(21(18)13-17)20-10-12-27-15-20/h1-3,5-7,9-13,15,23H,4,8,14H2,(H,25,26). The van der Waals surface area contributed by atoms with Crippen molar-refractivity contribution < 1.29 is 9.90 Å². The maximum atomic E-state index is 10.7. The van der Waals surface area contributed by atoms with E-state index < -0.39 is 5.97 Å². The highest BCUT2D eigenvalue weighted by Crippen LogP contribution is 2.23. The summed E-state index contributed by atoms with van der Waals surface area (Å²) < 4.78 is 2.21. The number of benzene rings is 2. The monoisotopic (exact) mass is 376 g/mol. The quantitative estimate of drug-likeness (QED) is 0.459. The van der Waals surface area contributed by atoms with Crippen molar-refractivity contribution in [1.82, 2.24) is 4.57 Å². The minimum Gasteiger partial charge on any atom is -0.481 e. The number of aromatic nitrogens is 1. The summed E-state index contributed by atoms with van der Waals surface area (Å²) in [5.41, 5.74) is 5.68. The number of nitrogens with zero attached hydrogens (tertiary/aromatic N) is 1. The number of aryl methyl sites for hydroxylation is 1. The second kappa shape index (κ2) is 7.68. The summed E-state index contributed by atoms with van der Waals surface area (Å²) in [5, 5.41) is 17.7. The van der Waals surface area contributed by atoms with Gasteiger partial charge in [-0.3, -0.25) is 4.79 Å². The zero-order chi connectivity index (χ0) is 18.6. The smallest absolute Gasteiger partial charge is 0.303 e. The summed E-state index contributed by atoms with van der Waals surface area (Å²) >= 11 is 1.70. The first-order valence-corrected chi connectivity index (χ1v) is 9.80. The maximum absolute atomic E-state index is 10.7. The molecule has 4 nitrogen and oxygen atoms in total. The molecular formula is C22H20N2O2S. The summed E-state index contributed by atoms with van der Waals surface area (Å²) in [4.78, 5) is 10.7.